The van der Waals surface area contributed by atoms with Crippen molar-refractivity contribution in [2.75, 3.05) is 23.3 Å². The van der Waals surface area contributed by atoms with Gasteiger partial charge in [-0.15, -0.1) is 8.78 Å². The molecule has 11 heteroatoms. The molecule has 0 aliphatic carbocycles. The monoisotopic (exact) mass is 477 g/mol. The van der Waals surface area contributed by atoms with Crippen LogP contribution in [0, 0.1) is 5.82 Å². The van der Waals surface area contributed by atoms with Crippen molar-refractivity contribution in [3.8, 4) is 16.9 Å². The number of benzene rings is 1. The van der Waals surface area contributed by atoms with Gasteiger partial charge in [-0.3, -0.25) is 9.78 Å². The third kappa shape index (κ3) is 5.71. The van der Waals surface area contributed by atoms with Gasteiger partial charge >= 0.3 is 5.57 Å². The van der Waals surface area contributed by atoms with Gasteiger partial charge in [0.25, 0.3) is 5.91 Å². The average Bonchev–Trinajstić information content (AvgIpc) is 3.20. The molecule has 2 aromatic heterocycles. The van der Waals surface area contributed by atoms with Gasteiger partial charge in [0, 0.05) is 59.9 Å². The van der Waals surface area contributed by atoms with Crippen LogP contribution in [-0.2, 0) is 0 Å². The summed E-state index contributed by atoms with van der Waals surface area (Å²) >= 11 is 4.74. The molecular formula is C22H19ClF3N5O2. The maximum absolute atomic E-state index is 13.8. The number of nitrogens with one attached hydrogen (secondary N) is 1. The second-order valence-electron chi connectivity index (χ2n) is 7.51. The fourth-order valence-electron chi connectivity index (χ4n) is 3.53. The molecule has 1 aliphatic heterocycles. The molecule has 172 valence electrons. The fourth-order valence-corrected chi connectivity index (χ4v) is 3.62. The molecular weight excluding hydrogens is 459 g/mol. The Morgan fingerprint density at radius 3 is 2.61 bits per heavy atom. The zero-order chi connectivity index (χ0) is 23.6. The Hall–Kier alpha value is -3.37. The number of anilines is 2. The summed E-state index contributed by atoms with van der Waals surface area (Å²) in [6, 6.07) is 8.18. The second-order valence-corrected chi connectivity index (χ2v) is 7.95. The van der Waals surface area contributed by atoms with Crippen LogP contribution < -0.4 is 20.7 Å². The summed E-state index contributed by atoms with van der Waals surface area (Å²) in [5.41, 5.74) is 3.75. The number of nitrogens with zero attached hydrogens (tertiary/aromatic N) is 3. The molecule has 4 rings (SSSR count). The van der Waals surface area contributed by atoms with Crippen LogP contribution in [0.15, 0.2) is 55.0 Å². The quantitative estimate of drug-likeness (QED) is 0.516. The highest BCUT2D eigenvalue weighted by molar-refractivity contribution is 6.20. The molecule has 1 fully saturated rings. The Kier molecular flexibility index (Phi) is 6.39. The van der Waals surface area contributed by atoms with E-state index in [4.69, 9.17) is 17.3 Å². The van der Waals surface area contributed by atoms with Crippen molar-refractivity contribution in [1.82, 2.24) is 9.97 Å². The van der Waals surface area contributed by atoms with E-state index >= 15 is 0 Å². The van der Waals surface area contributed by atoms with E-state index < -0.39 is 17.3 Å². The van der Waals surface area contributed by atoms with Crippen LogP contribution in [0.2, 0.25) is 0 Å². The smallest absolute Gasteiger partial charge is 0.420 e. The van der Waals surface area contributed by atoms with Crippen molar-refractivity contribution in [3.05, 3.63) is 66.4 Å². The van der Waals surface area contributed by atoms with Crippen molar-refractivity contribution in [2.24, 2.45) is 5.73 Å². The van der Waals surface area contributed by atoms with Crippen molar-refractivity contribution in [2.45, 2.75) is 18.0 Å². The number of carbonyl (C=O) groups is 1. The molecule has 3 heterocycles. The number of halogens is 4. The lowest BCUT2D eigenvalue weighted by atomic mass is 10.1. The number of pyridine rings is 2. The highest BCUT2D eigenvalue weighted by Gasteiger charge is 2.27. The van der Waals surface area contributed by atoms with Crippen LogP contribution >= 0.6 is 11.6 Å². The first-order valence-corrected chi connectivity index (χ1v) is 10.3. The molecule has 1 aliphatic rings. The van der Waals surface area contributed by atoms with Crippen molar-refractivity contribution >= 4 is 29.0 Å². The standard InChI is InChI=1S/C22H19ClF3N5O2/c23-22(25,26)33-18-3-1-17(2-4-18)30-21(32)14-8-19(13-7-15(24)11-28-9-13)20(29-10-14)31-6-5-16(27)12-31/h1-4,7-11,16H,5-6,12,27H2,(H,30,32). The van der Waals surface area contributed by atoms with Gasteiger partial charge in [-0.1, -0.05) is 0 Å². The SMILES string of the molecule is NC1CCN(c2ncc(C(=O)Nc3ccc(OC(F)(F)Cl)cc3)cc2-c2cncc(F)c2)C1. The highest BCUT2D eigenvalue weighted by atomic mass is 35.5. The zero-order valence-electron chi connectivity index (χ0n) is 17.1. The molecule has 3 N–H and O–H groups in total. The summed E-state index contributed by atoms with van der Waals surface area (Å²) in [6.07, 6.45) is 4.79. The molecule has 1 atom stereocenters. The third-order valence-electron chi connectivity index (χ3n) is 5.01. The van der Waals surface area contributed by atoms with Crippen molar-refractivity contribution in [3.63, 3.8) is 0 Å². The molecule has 1 saturated heterocycles. The van der Waals surface area contributed by atoms with E-state index in [0.29, 0.717) is 35.7 Å². The van der Waals surface area contributed by atoms with Crippen molar-refractivity contribution in [1.29, 1.82) is 0 Å². The summed E-state index contributed by atoms with van der Waals surface area (Å²) in [4.78, 5) is 23.2. The topological polar surface area (TPSA) is 93.4 Å². The van der Waals surface area contributed by atoms with Gasteiger partial charge in [-0.25, -0.2) is 9.37 Å². The minimum Gasteiger partial charge on any atom is -0.420 e. The predicted octanol–water partition coefficient (Wildman–Crippen LogP) is 4.24. The lowest BCUT2D eigenvalue weighted by Crippen LogP contribution is -2.27. The van der Waals surface area contributed by atoms with Gasteiger partial charge in [0.15, 0.2) is 0 Å². The summed E-state index contributed by atoms with van der Waals surface area (Å²) < 4.78 is 43.6. The Morgan fingerprint density at radius 2 is 1.97 bits per heavy atom. The van der Waals surface area contributed by atoms with E-state index in [1.807, 2.05) is 4.90 Å². The van der Waals surface area contributed by atoms with Crippen LogP contribution in [0.4, 0.5) is 24.7 Å². The fraction of sp³-hybridized carbons (Fsp3) is 0.227. The molecule has 7 nitrogen and oxygen atoms in total. The number of hydrogen-bond donors (Lipinski definition) is 2. The normalized spacial score (nSPS) is 16.0. The molecule has 1 amide bonds. The van der Waals surface area contributed by atoms with Gasteiger partial charge < -0.3 is 20.7 Å². The predicted molar refractivity (Wildman–Crippen MR) is 118 cm³/mol. The number of hydrogen-bond acceptors (Lipinski definition) is 6. The van der Waals surface area contributed by atoms with Gasteiger partial charge in [0.1, 0.15) is 17.4 Å². The number of alkyl halides is 3. The summed E-state index contributed by atoms with van der Waals surface area (Å²) in [6.45, 7) is 1.27. The molecule has 0 radical (unpaired) electrons. The van der Waals surface area contributed by atoms with Gasteiger partial charge in [0.05, 0.1) is 11.8 Å². The van der Waals surface area contributed by atoms with E-state index in [9.17, 15) is 18.0 Å². The molecule has 0 bridgehead atoms. The lowest BCUT2D eigenvalue weighted by Gasteiger charge is -2.21. The van der Waals surface area contributed by atoms with E-state index in [1.54, 1.807) is 6.07 Å². The van der Waals surface area contributed by atoms with Crippen LogP contribution in [0.5, 0.6) is 5.75 Å². The first-order valence-electron chi connectivity index (χ1n) is 9.96. The number of ether oxygens (including phenoxy) is 1. The summed E-state index contributed by atoms with van der Waals surface area (Å²) in [5.74, 6) is -0.593. The van der Waals surface area contributed by atoms with Crippen LogP contribution in [0.25, 0.3) is 11.1 Å². The first-order chi connectivity index (χ1) is 15.7. The number of carbonyl (C=O) groups excluding carboxylic acids is 1. The molecule has 0 saturated carbocycles. The summed E-state index contributed by atoms with van der Waals surface area (Å²) in [5, 5.41) is 2.66. The van der Waals surface area contributed by atoms with Crippen molar-refractivity contribution < 1.29 is 22.7 Å². The van der Waals surface area contributed by atoms with E-state index in [1.165, 1.54) is 42.7 Å². The first kappa shape index (κ1) is 22.8. The third-order valence-corrected chi connectivity index (χ3v) is 5.09. The number of aromatic nitrogens is 2. The van der Waals surface area contributed by atoms with Gasteiger partial charge in [-0.05, 0) is 42.8 Å². The minimum atomic E-state index is -3.83. The molecule has 1 unspecified atom stereocenters. The van der Waals surface area contributed by atoms with E-state index in [-0.39, 0.29) is 17.4 Å². The van der Waals surface area contributed by atoms with Crippen LogP contribution in [0.1, 0.15) is 16.8 Å². The van der Waals surface area contributed by atoms with Crippen LogP contribution in [0.3, 0.4) is 0 Å². The Balaban J connectivity index is 1.60. The Morgan fingerprint density at radius 1 is 1.21 bits per heavy atom. The second kappa shape index (κ2) is 9.24. The van der Waals surface area contributed by atoms with E-state index in [2.05, 4.69) is 20.0 Å². The van der Waals surface area contributed by atoms with Gasteiger partial charge in [-0.2, -0.15) is 0 Å². The highest BCUT2D eigenvalue weighted by Crippen LogP contribution is 2.32. The Labute approximate surface area is 192 Å². The molecule has 3 aromatic rings. The number of nitrogens with two attached hydrogens (primary N) is 1. The maximum Gasteiger partial charge on any atom is 0.487 e. The van der Waals surface area contributed by atoms with Gasteiger partial charge in [0.2, 0.25) is 0 Å². The Bertz CT molecular complexity index is 1160. The molecule has 1 aromatic carbocycles. The molecule has 0 spiro atoms. The van der Waals surface area contributed by atoms with E-state index in [0.717, 1.165) is 12.6 Å². The number of amides is 1. The minimum absolute atomic E-state index is 0.000960. The molecule has 33 heavy (non-hydrogen) atoms. The number of rotatable bonds is 6. The lowest BCUT2D eigenvalue weighted by molar-refractivity contribution is -0.0964. The maximum atomic E-state index is 13.8. The average molecular weight is 478 g/mol. The largest absolute Gasteiger partial charge is 0.487 e. The zero-order valence-corrected chi connectivity index (χ0v) is 17.9. The summed E-state index contributed by atoms with van der Waals surface area (Å²) in [7, 11) is 0. The van der Waals surface area contributed by atoms with Crippen LogP contribution in [-0.4, -0.2) is 40.6 Å².